The van der Waals surface area contributed by atoms with Gasteiger partial charge in [0.05, 0.1) is 5.41 Å². The molecule has 2 unspecified atom stereocenters. The van der Waals surface area contributed by atoms with Gasteiger partial charge < -0.3 is 0 Å². The van der Waals surface area contributed by atoms with E-state index in [0.717, 1.165) is 25.7 Å². The lowest BCUT2D eigenvalue weighted by Gasteiger charge is -2.39. The molecule has 0 saturated heterocycles. The van der Waals surface area contributed by atoms with Crippen molar-refractivity contribution in [3.63, 3.8) is 0 Å². The molecule has 0 bridgehead atoms. The van der Waals surface area contributed by atoms with Crippen molar-refractivity contribution in [3.05, 3.63) is 61.8 Å². The minimum atomic E-state index is -0.310. The molecule has 0 aromatic heterocycles. The predicted octanol–water partition coefficient (Wildman–Crippen LogP) is 6.64. The van der Waals surface area contributed by atoms with Gasteiger partial charge in [-0.25, -0.2) is 0 Å². The van der Waals surface area contributed by atoms with Crippen molar-refractivity contribution >= 4 is 0 Å². The minimum absolute atomic E-state index is 0.229. The smallest absolute Gasteiger partial charge is 0.0653 e. The Bertz CT molecular complexity index is 478. The Kier molecular flexibility index (Phi) is 10.0. The normalized spacial score (nSPS) is 17.1. The van der Waals surface area contributed by atoms with E-state index in [2.05, 4.69) is 76.2 Å². The highest BCUT2D eigenvalue weighted by molar-refractivity contribution is 5.35. The van der Waals surface area contributed by atoms with Gasteiger partial charge in [0.2, 0.25) is 0 Å². The molecule has 0 aliphatic heterocycles. The van der Waals surface area contributed by atoms with Gasteiger partial charge in [-0.1, -0.05) is 81.6 Å². The van der Waals surface area contributed by atoms with E-state index < -0.39 is 0 Å². The van der Waals surface area contributed by atoms with Crippen molar-refractivity contribution in [1.82, 2.24) is 0 Å². The van der Waals surface area contributed by atoms with Gasteiger partial charge in [-0.2, -0.15) is 0 Å². The molecule has 120 valence electrons. The van der Waals surface area contributed by atoms with Crippen molar-refractivity contribution < 1.29 is 0 Å². The first-order valence-corrected chi connectivity index (χ1v) is 8.29. The summed E-state index contributed by atoms with van der Waals surface area (Å²) in [6.07, 6.45) is 20.8. The Morgan fingerprint density at radius 3 is 2.32 bits per heavy atom. The van der Waals surface area contributed by atoms with E-state index in [9.17, 15) is 0 Å². The molecule has 0 aromatic rings. The summed E-state index contributed by atoms with van der Waals surface area (Å²) in [7, 11) is 0. The third-order valence-electron chi connectivity index (χ3n) is 3.95. The molecular weight excluding hydrogens is 264 g/mol. The summed E-state index contributed by atoms with van der Waals surface area (Å²) < 4.78 is 0. The standard InChI is InChI=1S/C22H32/c1-7-12-14-15-16-20-22(18-10-4,19-13-8-2)21(6,11-5)17-9-3/h9-11,13-15,17,19H,4-5,7-8,12,18H2,1-3,6H3. The highest BCUT2D eigenvalue weighted by Crippen LogP contribution is 2.46. The van der Waals surface area contributed by atoms with E-state index in [1.807, 2.05) is 25.2 Å². The summed E-state index contributed by atoms with van der Waals surface area (Å²) in [5.41, 5.74) is -0.539. The van der Waals surface area contributed by atoms with Crippen molar-refractivity contribution in [2.24, 2.45) is 10.8 Å². The second-order valence-electron chi connectivity index (χ2n) is 5.72. The van der Waals surface area contributed by atoms with Crippen molar-refractivity contribution in [2.75, 3.05) is 0 Å². The maximum Gasteiger partial charge on any atom is 0.0653 e. The summed E-state index contributed by atoms with van der Waals surface area (Å²) in [5.74, 6) is 6.73. The van der Waals surface area contributed by atoms with Crippen LogP contribution in [-0.2, 0) is 0 Å². The van der Waals surface area contributed by atoms with Crippen molar-refractivity contribution in [2.45, 2.75) is 53.4 Å². The first-order chi connectivity index (χ1) is 10.6. The second kappa shape index (κ2) is 10.9. The largest absolute Gasteiger partial charge is 0.103 e. The highest BCUT2D eigenvalue weighted by Gasteiger charge is 2.40. The second-order valence-corrected chi connectivity index (χ2v) is 5.72. The van der Waals surface area contributed by atoms with Crippen LogP contribution in [0.2, 0.25) is 0 Å². The van der Waals surface area contributed by atoms with Gasteiger partial charge >= 0.3 is 0 Å². The molecule has 0 heterocycles. The van der Waals surface area contributed by atoms with E-state index in [1.165, 1.54) is 0 Å². The fraction of sp³-hybridized carbons (Fsp3) is 0.455. The molecule has 0 saturated carbocycles. The van der Waals surface area contributed by atoms with Crippen LogP contribution in [0.25, 0.3) is 0 Å². The molecule has 22 heavy (non-hydrogen) atoms. The zero-order valence-corrected chi connectivity index (χ0v) is 14.9. The molecule has 2 atom stereocenters. The third-order valence-corrected chi connectivity index (χ3v) is 3.95. The van der Waals surface area contributed by atoms with Crippen LogP contribution in [-0.4, -0.2) is 0 Å². The number of unbranched alkanes of at least 4 members (excludes halogenated alkanes) is 1. The van der Waals surface area contributed by atoms with Crippen LogP contribution < -0.4 is 0 Å². The van der Waals surface area contributed by atoms with Gasteiger partial charge in [0.15, 0.2) is 0 Å². The molecule has 0 spiro atoms. The summed E-state index contributed by atoms with van der Waals surface area (Å²) >= 11 is 0. The van der Waals surface area contributed by atoms with E-state index in [-0.39, 0.29) is 10.8 Å². The average Bonchev–Trinajstić information content (AvgIpc) is 2.52. The van der Waals surface area contributed by atoms with E-state index in [4.69, 9.17) is 0 Å². The summed E-state index contributed by atoms with van der Waals surface area (Å²) in [6.45, 7) is 16.5. The minimum Gasteiger partial charge on any atom is -0.103 e. The molecule has 0 nitrogen and oxygen atoms in total. The summed E-state index contributed by atoms with van der Waals surface area (Å²) in [5, 5.41) is 0. The van der Waals surface area contributed by atoms with E-state index in [0.29, 0.717) is 0 Å². The molecule has 0 aliphatic carbocycles. The first-order valence-electron chi connectivity index (χ1n) is 8.29. The van der Waals surface area contributed by atoms with Gasteiger partial charge in [0.1, 0.15) is 0 Å². The van der Waals surface area contributed by atoms with Crippen LogP contribution >= 0.6 is 0 Å². The van der Waals surface area contributed by atoms with E-state index in [1.54, 1.807) is 0 Å². The number of hydrogen-bond acceptors (Lipinski definition) is 0. The molecular formula is C22H32. The van der Waals surface area contributed by atoms with Crippen LogP contribution in [0.5, 0.6) is 0 Å². The lowest BCUT2D eigenvalue weighted by molar-refractivity contribution is 0.303. The van der Waals surface area contributed by atoms with Crippen molar-refractivity contribution in [1.29, 1.82) is 0 Å². The molecule has 0 heteroatoms. The summed E-state index contributed by atoms with van der Waals surface area (Å²) in [6, 6.07) is 0. The predicted molar refractivity (Wildman–Crippen MR) is 102 cm³/mol. The van der Waals surface area contributed by atoms with Crippen LogP contribution in [0.4, 0.5) is 0 Å². The quantitative estimate of drug-likeness (QED) is 0.330. The van der Waals surface area contributed by atoms with Crippen LogP contribution in [0, 0.1) is 22.7 Å². The molecule has 0 aliphatic rings. The number of rotatable bonds is 9. The monoisotopic (exact) mass is 296 g/mol. The van der Waals surface area contributed by atoms with E-state index >= 15 is 0 Å². The fourth-order valence-electron chi connectivity index (χ4n) is 2.47. The van der Waals surface area contributed by atoms with Gasteiger partial charge in [-0.15, -0.1) is 13.2 Å². The molecule has 0 rings (SSSR count). The topological polar surface area (TPSA) is 0 Å². The van der Waals surface area contributed by atoms with Gasteiger partial charge in [0.25, 0.3) is 0 Å². The Balaban J connectivity index is 5.94. The average molecular weight is 296 g/mol. The maximum absolute atomic E-state index is 4.06. The third kappa shape index (κ3) is 5.57. The van der Waals surface area contributed by atoms with Crippen LogP contribution in [0.3, 0.4) is 0 Å². The van der Waals surface area contributed by atoms with Gasteiger partial charge in [-0.05, 0) is 32.3 Å². The molecule has 0 N–H and O–H groups in total. The molecule has 0 fully saturated rings. The molecule has 0 amide bonds. The fourth-order valence-corrected chi connectivity index (χ4v) is 2.47. The Morgan fingerprint density at radius 1 is 1.09 bits per heavy atom. The van der Waals surface area contributed by atoms with Crippen molar-refractivity contribution in [3.8, 4) is 11.8 Å². The van der Waals surface area contributed by atoms with Crippen LogP contribution in [0.1, 0.15) is 53.4 Å². The maximum atomic E-state index is 4.06. The first kappa shape index (κ1) is 20.3. The Hall–Kier alpha value is -1.74. The number of hydrogen-bond donors (Lipinski definition) is 0. The van der Waals surface area contributed by atoms with Gasteiger partial charge in [0, 0.05) is 5.41 Å². The Morgan fingerprint density at radius 2 is 1.82 bits per heavy atom. The SMILES string of the molecule is C=CCC(C#CC=CCCC)(C=CCC)C(C)(C=C)C=CC. The molecule has 0 aromatic carbocycles. The lowest BCUT2D eigenvalue weighted by Crippen LogP contribution is -2.34. The molecule has 0 radical (unpaired) electrons. The zero-order chi connectivity index (χ0) is 16.9. The lowest BCUT2D eigenvalue weighted by atomic mass is 9.62. The Labute approximate surface area is 138 Å². The summed E-state index contributed by atoms with van der Waals surface area (Å²) in [4.78, 5) is 0. The van der Waals surface area contributed by atoms with Crippen LogP contribution in [0.15, 0.2) is 61.8 Å². The van der Waals surface area contributed by atoms with Gasteiger partial charge in [-0.3, -0.25) is 0 Å². The highest BCUT2D eigenvalue weighted by atomic mass is 14.4. The number of allylic oxidation sites excluding steroid dienone is 8. The zero-order valence-electron chi connectivity index (χ0n) is 14.9.